The Labute approximate surface area is 84.5 Å². The molecule has 3 heteroatoms. The minimum absolute atomic E-state index is 0.428. The first-order chi connectivity index (χ1) is 6.66. The number of nitrogen functional groups attached to an aromatic ring is 1. The van der Waals surface area contributed by atoms with Crippen LogP contribution in [0.15, 0.2) is 18.2 Å². The van der Waals surface area contributed by atoms with E-state index in [1.165, 1.54) is 12.8 Å². The Morgan fingerprint density at radius 3 is 2.64 bits per heavy atom. The lowest BCUT2D eigenvalue weighted by molar-refractivity contribution is 0.304. The van der Waals surface area contributed by atoms with Gasteiger partial charge in [0.15, 0.2) is 0 Å². The molecule has 1 fully saturated rings. The van der Waals surface area contributed by atoms with Crippen LogP contribution in [0.4, 0.5) is 11.4 Å². The lowest BCUT2D eigenvalue weighted by atomic mass is 10.2. The highest BCUT2D eigenvalue weighted by atomic mass is 16.5. The van der Waals surface area contributed by atoms with Crippen molar-refractivity contribution in [2.75, 3.05) is 24.7 Å². The first-order valence-electron chi connectivity index (χ1n) is 4.90. The molecule has 0 saturated heterocycles. The third kappa shape index (κ3) is 1.92. The molecule has 0 bridgehead atoms. The Morgan fingerprint density at radius 1 is 1.36 bits per heavy atom. The fraction of sp³-hybridized carbons (Fsp3) is 0.455. The fourth-order valence-electron chi connectivity index (χ4n) is 1.35. The SMILES string of the molecule is CN(C)c1cc(N)ccc1OC1CC1. The topological polar surface area (TPSA) is 38.5 Å². The standard InChI is InChI=1S/C11H16N2O/c1-13(2)10-7-8(12)3-6-11(10)14-9-4-5-9/h3,6-7,9H,4-5,12H2,1-2H3. The Morgan fingerprint density at radius 2 is 2.07 bits per heavy atom. The van der Waals surface area contributed by atoms with Crippen molar-refractivity contribution in [2.24, 2.45) is 0 Å². The van der Waals surface area contributed by atoms with Crippen molar-refractivity contribution in [2.45, 2.75) is 18.9 Å². The molecule has 0 atom stereocenters. The van der Waals surface area contributed by atoms with Crippen molar-refractivity contribution in [3.8, 4) is 5.75 Å². The average Bonchev–Trinajstić information content (AvgIpc) is 2.91. The van der Waals surface area contributed by atoms with Crippen LogP contribution in [0, 0.1) is 0 Å². The molecule has 1 aliphatic rings. The van der Waals surface area contributed by atoms with Crippen LogP contribution in [0.2, 0.25) is 0 Å². The summed E-state index contributed by atoms with van der Waals surface area (Å²) in [5.41, 5.74) is 7.56. The number of anilines is 2. The third-order valence-electron chi connectivity index (χ3n) is 2.28. The van der Waals surface area contributed by atoms with Crippen molar-refractivity contribution in [1.82, 2.24) is 0 Å². The fourth-order valence-corrected chi connectivity index (χ4v) is 1.35. The minimum Gasteiger partial charge on any atom is -0.488 e. The first kappa shape index (κ1) is 9.19. The Balaban J connectivity index is 2.26. The Kier molecular flexibility index (Phi) is 2.23. The summed E-state index contributed by atoms with van der Waals surface area (Å²) < 4.78 is 5.78. The lowest BCUT2D eigenvalue weighted by Gasteiger charge is -2.18. The molecule has 2 N–H and O–H groups in total. The molecular weight excluding hydrogens is 176 g/mol. The van der Waals surface area contributed by atoms with E-state index in [9.17, 15) is 0 Å². The van der Waals surface area contributed by atoms with E-state index in [4.69, 9.17) is 10.5 Å². The predicted octanol–water partition coefficient (Wildman–Crippen LogP) is 1.88. The van der Waals surface area contributed by atoms with Crippen molar-refractivity contribution in [3.63, 3.8) is 0 Å². The maximum Gasteiger partial charge on any atom is 0.143 e. The molecule has 0 amide bonds. The van der Waals surface area contributed by atoms with Crippen LogP contribution in [-0.4, -0.2) is 20.2 Å². The molecule has 1 saturated carbocycles. The summed E-state index contributed by atoms with van der Waals surface area (Å²) in [6.45, 7) is 0. The van der Waals surface area contributed by atoms with E-state index in [2.05, 4.69) is 0 Å². The van der Waals surface area contributed by atoms with E-state index in [-0.39, 0.29) is 0 Å². The zero-order chi connectivity index (χ0) is 10.1. The molecule has 1 aromatic carbocycles. The molecule has 76 valence electrons. The van der Waals surface area contributed by atoms with Crippen molar-refractivity contribution in [1.29, 1.82) is 0 Å². The zero-order valence-electron chi connectivity index (χ0n) is 8.66. The molecule has 0 aromatic heterocycles. The van der Waals surface area contributed by atoms with E-state index in [0.717, 1.165) is 17.1 Å². The van der Waals surface area contributed by atoms with E-state index in [0.29, 0.717) is 6.10 Å². The molecule has 1 aromatic rings. The molecular formula is C11H16N2O. The lowest BCUT2D eigenvalue weighted by Crippen LogP contribution is -2.11. The van der Waals surface area contributed by atoms with E-state index in [1.807, 2.05) is 37.2 Å². The summed E-state index contributed by atoms with van der Waals surface area (Å²) in [6, 6.07) is 5.77. The number of ether oxygens (including phenoxy) is 1. The molecule has 3 nitrogen and oxygen atoms in total. The number of hydrogen-bond donors (Lipinski definition) is 1. The van der Waals surface area contributed by atoms with Gasteiger partial charge >= 0.3 is 0 Å². The number of rotatable bonds is 3. The number of nitrogens with zero attached hydrogens (tertiary/aromatic N) is 1. The minimum atomic E-state index is 0.428. The highest BCUT2D eigenvalue weighted by Crippen LogP contribution is 2.34. The summed E-state index contributed by atoms with van der Waals surface area (Å²) in [5, 5.41) is 0. The van der Waals surface area contributed by atoms with Crippen molar-refractivity contribution >= 4 is 11.4 Å². The van der Waals surface area contributed by atoms with Gasteiger partial charge < -0.3 is 15.4 Å². The van der Waals surface area contributed by atoms with Crippen LogP contribution >= 0.6 is 0 Å². The van der Waals surface area contributed by atoms with Crippen LogP contribution in [0.25, 0.3) is 0 Å². The van der Waals surface area contributed by atoms with Crippen LogP contribution in [-0.2, 0) is 0 Å². The Hall–Kier alpha value is -1.38. The highest BCUT2D eigenvalue weighted by Gasteiger charge is 2.24. The van der Waals surface area contributed by atoms with Crippen molar-refractivity contribution in [3.05, 3.63) is 18.2 Å². The summed E-state index contributed by atoms with van der Waals surface area (Å²) in [5.74, 6) is 0.937. The monoisotopic (exact) mass is 192 g/mol. The molecule has 0 spiro atoms. The van der Waals surface area contributed by atoms with Gasteiger partial charge in [-0.1, -0.05) is 0 Å². The summed E-state index contributed by atoms with van der Waals surface area (Å²) in [4.78, 5) is 2.02. The molecule has 0 radical (unpaired) electrons. The van der Waals surface area contributed by atoms with Crippen molar-refractivity contribution < 1.29 is 4.74 Å². The largest absolute Gasteiger partial charge is 0.488 e. The normalized spacial score (nSPS) is 15.3. The van der Waals surface area contributed by atoms with Gasteiger partial charge in [-0.25, -0.2) is 0 Å². The Bertz CT molecular complexity index is 332. The zero-order valence-corrected chi connectivity index (χ0v) is 8.66. The number of nitrogens with two attached hydrogens (primary N) is 1. The second-order valence-electron chi connectivity index (χ2n) is 3.94. The molecule has 14 heavy (non-hydrogen) atoms. The van der Waals surface area contributed by atoms with Gasteiger partial charge in [0.05, 0.1) is 11.8 Å². The summed E-state index contributed by atoms with van der Waals surface area (Å²) >= 11 is 0. The molecule has 0 heterocycles. The van der Waals surface area contributed by atoms with Gasteiger partial charge in [-0.05, 0) is 31.0 Å². The summed E-state index contributed by atoms with van der Waals surface area (Å²) in [6.07, 6.45) is 2.78. The van der Waals surface area contributed by atoms with Gasteiger partial charge in [-0.3, -0.25) is 0 Å². The third-order valence-corrected chi connectivity index (χ3v) is 2.28. The molecule has 2 rings (SSSR count). The quantitative estimate of drug-likeness (QED) is 0.743. The summed E-state index contributed by atoms with van der Waals surface area (Å²) in [7, 11) is 3.99. The highest BCUT2D eigenvalue weighted by molar-refractivity contribution is 5.64. The second kappa shape index (κ2) is 3.40. The molecule has 1 aliphatic carbocycles. The van der Waals surface area contributed by atoms with E-state index < -0.39 is 0 Å². The second-order valence-corrected chi connectivity index (χ2v) is 3.94. The maximum atomic E-state index is 5.78. The number of hydrogen-bond acceptors (Lipinski definition) is 3. The van der Waals surface area contributed by atoms with Crippen LogP contribution < -0.4 is 15.4 Å². The number of benzene rings is 1. The van der Waals surface area contributed by atoms with Gasteiger partial charge in [-0.2, -0.15) is 0 Å². The van der Waals surface area contributed by atoms with Gasteiger partial charge in [0.2, 0.25) is 0 Å². The molecule has 0 aliphatic heterocycles. The predicted molar refractivity (Wildman–Crippen MR) is 58.8 cm³/mol. The van der Waals surface area contributed by atoms with Crippen LogP contribution in [0.5, 0.6) is 5.75 Å². The van der Waals surface area contributed by atoms with Gasteiger partial charge in [0.1, 0.15) is 5.75 Å². The van der Waals surface area contributed by atoms with Gasteiger partial charge in [0.25, 0.3) is 0 Å². The van der Waals surface area contributed by atoms with Gasteiger partial charge in [0, 0.05) is 19.8 Å². The average molecular weight is 192 g/mol. The first-order valence-corrected chi connectivity index (χ1v) is 4.90. The molecule has 0 unspecified atom stereocenters. The van der Waals surface area contributed by atoms with E-state index in [1.54, 1.807) is 0 Å². The maximum absolute atomic E-state index is 5.78. The van der Waals surface area contributed by atoms with Crippen LogP contribution in [0.3, 0.4) is 0 Å². The smallest absolute Gasteiger partial charge is 0.143 e. The van der Waals surface area contributed by atoms with Gasteiger partial charge in [-0.15, -0.1) is 0 Å². The van der Waals surface area contributed by atoms with E-state index >= 15 is 0 Å². The van der Waals surface area contributed by atoms with Crippen LogP contribution in [0.1, 0.15) is 12.8 Å².